The predicted molar refractivity (Wildman–Crippen MR) is 109 cm³/mol. The summed E-state index contributed by atoms with van der Waals surface area (Å²) in [6.45, 7) is 5.81. The summed E-state index contributed by atoms with van der Waals surface area (Å²) in [6, 6.07) is 7.16. The Balaban J connectivity index is 1.44. The minimum Gasteiger partial charge on any atom is -0.485 e. The van der Waals surface area contributed by atoms with Crippen LogP contribution in [-0.4, -0.2) is 78.1 Å². The van der Waals surface area contributed by atoms with Gasteiger partial charge in [0.2, 0.25) is 11.8 Å². The van der Waals surface area contributed by atoms with Gasteiger partial charge in [-0.05, 0) is 32.4 Å². The van der Waals surface area contributed by atoms with E-state index in [1.165, 1.54) is 0 Å². The van der Waals surface area contributed by atoms with Crippen LogP contribution in [0.15, 0.2) is 24.3 Å². The Bertz CT molecular complexity index is 834. The van der Waals surface area contributed by atoms with Crippen LogP contribution in [0, 0.1) is 0 Å². The monoisotopic (exact) mass is 415 g/mol. The number of nitrogens with zero attached hydrogens (tertiary/aromatic N) is 2. The van der Waals surface area contributed by atoms with Crippen LogP contribution in [0.1, 0.15) is 43.5 Å². The molecular weight excluding hydrogens is 386 g/mol. The van der Waals surface area contributed by atoms with Crippen LogP contribution in [0.5, 0.6) is 5.75 Å². The number of rotatable bonds is 2. The van der Waals surface area contributed by atoms with E-state index in [2.05, 4.69) is 5.32 Å². The molecule has 8 heteroatoms. The summed E-state index contributed by atoms with van der Waals surface area (Å²) in [5.41, 5.74) is -0.148. The molecule has 1 aromatic carbocycles. The smallest absolute Gasteiger partial charge is 0.255 e. The number of hydrogen-bond acceptors (Lipinski definition) is 5. The number of benzene rings is 1. The van der Waals surface area contributed by atoms with Crippen LogP contribution in [-0.2, 0) is 14.3 Å². The average Bonchev–Trinajstić information content (AvgIpc) is 2.95. The molecule has 0 aromatic heterocycles. The molecule has 3 unspecified atom stereocenters. The summed E-state index contributed by atoms with van der Waals surface area (Å²) in [4.78, 5) is 41.4. The molecule has 1 spiro atoms. The van der Waals surface area contributed by atoms with E-state index in [0.29, 0.717) is 50.3 Å². The molecule has 0 aliphatic carbocycles. The fourth-order valence-corrected chi connectivity index (χ4v) is 4.52. The second-order valence-corrected chi connectivity index (χ2v) is 8.59. The molecule has 1 N–H and O–H groups in total. The lowest BCUT2D eigenvalue weighted by Crippen LogP contribution is -2.51. The lowest BCUT2D eigenvalue weighted by molar-refractivity contribution is -0.148. The number of carbonyl (C=O) groups excluding carboxylic acids is 3. The normalized spacial score (nSPS) is 29.5. The van der Waals surface area contributed by atoms with Crippen molar-refractivity contribution in [2.45, 2.75) is 50.9 Å². The molecule has 3 heterocycles. The Morgan fingerprint density at radius 1 is 1.17 bits per heavy atom. The molecule has 3 aliphatic rings. The van der Waals surface area contributed by atoms with Gasteiger partial charge in [0.1, 0.15) is 11.4 Å². The van der Waals surface area contributed by atoms with E-state index in [1.807, 2.05) is 19.9 Å². The predicted octanol–water partition coefficient (Wildman–Crippen LogP) is 1.20. The van der Waals surface area contributed by atoms with E-state index < -0.39 is 5.60 Å². The van der Waals surface area contributed by atoms with Gasteiger partial charge in [0.05, 0.1) is 30.9 Å². The van der Waals surface area contributed by atoms with Crippen molar-refractivity contribution in [2.24, 2.45) is 0 Å². The summed E-state index contributed by atoms with van der Waals surface area (Å²) < 4.78 is 12.0. The molecule has 1 aromatic rings. The summed E-state index contributed by atoms with van der Waals surface area (Å²) in [6.07, 6.45) is 1.31. The number of nitrogens with one attached hydrogen (secondary N) is 1. The maximum atomic E-state index is 12.8. The lowest BCUT2D eigenvalue weighted by Gasteiger charge is -2.36. The lowest BCUT2D eigenvalue weighted by atomic mass is 9.94. The second kappa shape index (κ2) is 8.26. The highest BCUT2D eigenvalue weighted by Gasteiger charge is 2.41. The zero-order valence-electron chi connectivity index (χ0n) is 17.6. The Kier molecular flexibility index (Phi) is 5.69. The van der Waals surface area contributed by atoms with Crippen molar-refractivity contribution in [1.82, 2.24) is 15.1 Å². The largest absolute Gasteiger partial charge is 0.485 e. The average molecular weight is 415 g/mol. The SMILES string of the molecule is CC1CN(C(=O)CN2CCC3(CCC2=O)CNC(=O)c2ccccc2O3)CC(C)O1. The van der Waals surface area contributed by atoms with Gasteiger partial charge in [-0.15, -0.1) is 0 Å². The third-order valence-electron chi connectivity index (χ3n) is 6.11. The Morgan fingerprint density at radius 3 is 2.67 bits per heavy atom. The molecule has 4 rings (SSSR count). The number of amides is 3. The molecule has 0 bridgehead atoms. The quantitative estimate of drug-likeness (QED) is 0.784. The van der Waals surface area contributed by atoms with Gasteiger partial charge in [0.25, 0.3) is 5.91 Å². The highest BCUT2D eigenvalue weighted by molar-refractivity contribution is 5.97. The number of para-hydroxylation sites is 1. The summed E-state index contributed by atoms with van der Waals surface area (Å²) in [5.74, 6) is 0.269. The maximum Gasteiger partial charge on any atom is 0.255 e. The number of hydrogen-bond donors (Lipinski definition) is 1. The van der Waals surface area contributed by atoms with Gasteiger partial charge >= 0.3 is 0 Å². The third kappa shape index (κ3) is 4.28. The summed E-state index contributed by atoms with van der Waals surface area (Å²) in [7, 11) is 0. The fourth-order valence-electron chi connectivity index (χ4n) is 4.52. The van der Waals surface area contributed by atoms with Crippen molar-refractivity contribution < 1.29 is 23.9 Å². The standard InChI is InChI=1S/C22H29N3O5/c1-15-11-25(12-16(2)29-15)20(27)13-24-10-9-22(8-7-19(24)26)14-23-21(28)17-5-3-4-6-18(17)30-22/h3-6,15-16H,7-14H2,1-2H3,(H,23,28). The Morgan fingerprint density at radius 2 is 1.90 bits per heavy atom. The minimum absolute atomic E-state index is 0.0103. The first kappa shape index (κ1) is 20.7. The van der Waals surface area contributed by atoms with Crippen LogP contribution in [0.3, 0.4) is 0 Å². The molecule has 2 fully saturated rings. The summed E-state index contributed by atoms with van der Waals surface area (Å²) in [5, 5.41) is 2.94. The van der Waals surface area contributed by atoms with Gasteiger partial charge in [0.15, 0.2) is 0 Å². The maximum absolute atomic E-state index is 12.8. The van der Waals surface area contributed by atoms with Crippen LogP contribution in [0.25, 0.3) is 0 Å². The fraction of sp³-hybridized carbons (Fsp3) is 0.591. The van der Waals surface area contributed by atoms with Crippen LogP contribution in [0.2, 0.25) is 0 Å². The number of likely N-dealkylation sites (tertiary alicyclic amines) is 1. The summed E-state index contributed by atoms with van der Waals surface area (Å²) >= 11 is 0. The van der Waals surface area contributed by atoms with Crippen LogP contribution < -0.4 is 10.1 Å². The Labute approximate surface area is 176 Å². The van der Waals surface area contributed by atoms with Crippen molar-refractivity contribution in [1.29, 1.82) is 0 Å². The van der Waals surface area contributed by atoms with Gasteiger partial charge in [-0.2, -0.15) is 0 Å². The Hall–Kier alpha value is -2.61. The topological polar surface area (TPSA) is 88.2 Å². The van der Waals surface area contributed by atoms with Crippen molar-refractivity contribution in [2.75, 3.05) is 32.7 Å². The minimum atomic E-state index is -0.655. The first-order chi connectivity index (χ1) is 14.3. The van der Waals surface area contributed by atoms with Crippen molar-refractivity contribution in [3.05, 3.63) is 29.8 Å². The van der Waals surface area contributed by atoms with Crippen LogP contribution >= 0.6 is 0 Å². The molecule has 3 amide bonds. The van der Waals surface area contributed by atoms with E-state index in [4.69, 9.17) is 9.47 Å². The number of ether oxygens (including phenoxy) is 2. The zero-order chi connectivity index (χ0) is 21.3. The van der Waals surface area contributed by atoms with E-state index >= 15 is 0 Å². The molecule has 3 aliphatic heterocycles. The molecule has 2 saturated heterocycles. The van der Waals surface area contributed by atoms with Gasteiger partial charge in [-0.1, -0.05) is 12.1 Å². The van der Waals surface area contributed by atoms with Crippen LogP contribution in [0.4, 0.5) is 0 Å². The molecule has 8 nitrogen and oxygen atoms in total. The van der Waals surface area contributed by atoms with Gasteiger partial charge < -0.3 is 24.6 Å². The van der Waals surface area contributed by atoms with Crippen molar-refractivity contribution >= 4 is 17.7 Å². The number of fused-ring (bicyclic) bond motifs is 1. The molecule has 30 heavy (non-hydrogen) atoms. The van der Waals surface area contributed by atoms with Gasteiger partial charge in [-0.3, -0.25) is 14.4 Å². The molecule has 3 atom stereocenters. The van der Waals surface area contributed by atoms with Crippen molar-refractivity contribution in [3.63, 3.8) is 0 Å². The highest BCUT2D eigenvalue weighted by Crippen LogP contribution is 2.33. The molecule has 0 radical (unpaired) electrons. The molecule has 0 saturated carbocycles. The van der Waals surface area contributed by atoms with Crippen molar-refractivity contribution in [3.8, 4) is 5.75 Å². The second-order valence-electron chi connectivity index (χ2n) is 8.59. The molecular formula is C22H29N3O5. The van der Waals surface area contributed by atoms with E-state index in [0.717, 1.165) is 0 Å². The van der Waals surface area contributed by atoms with Gasteiger partial charge in [0, 0.05) is 32.5 Å². The molecule has 162 valence electrons. The number of carbonyl (C=O) groups is 3. The van der Waals surface area contributed by atoms with E-state index in [1.54, 1.807) is 28.0 Å². The zero-order valence-corrected chi connectivity index (χ0v) is 17.6. The van der Waals surface area contributed by atoms with E-state index in [9.17, 15) is 14.4 Å². The van der Waals surface area contributed by atoms with E-state index in [-0.39, 0.29) is 42.9 Å². The number of morpholine rings is 1. The third-order valence-corrected chi connectivity index (χ3v) is 6.11. The first-order valence-electron chi connectivity index (χ1n) is 10.6. The first-order valence-corrected chi connectivity index (χ1v) is 10.6. The van der Waals surface area contributed by atoms with Gasteiger partial charge in [-0.25, -0.2) is 0 Å². The highest BCUT2D eigenvalue weighted by atomic mass is 16.5.